The SMILES string of the molecule is c1ccc(-c2ccc(-c3ccc(-n4c5ccccc5c5c(-c6cccc7c6c6ccccc6n7-c6ccccc6)cccc54)c4c3oc3ccccc34)cc2)cc1. The third-order valence-corrected chi connectivity index (χ3v) is 11.7. The van der Waals surface area contributed by atoms with Gasteiger partial charge in [-0.15, -0.1) is 0 Å². The molecule has 3 heterocycles. The van der Waals surface area contributed by atoms with Crippen LogP contribution in [0.15, 0.2) is 211 Å². The zero-order valence-corrected chi connectivity index (χ0v) is 30.9. The van der Waals surface area contributed by atoms with Crippen molar-refractivity contribution in [2.45, 2.75) is 0 Å². The van der Waals surface area contributed by atoms with Crippen molar-refractivity contribution in [1.29, 1.82) is 0 Å². The van der Waals surface area contributed by atoms with Gasteiger partial charge in [0.2, 0.25) is 0 Å². The summed E-state index contributed by atoms with van der Waals surface area (Å²) in [4.78, 5) is 0. The Balaban J connectivity index is 1.12. The molecule has 57 heavy (non-hydrogen) atoms. The zero-order chi connectivity index (χ0) is 37.5. The van der Waals surface area contributed by atoms with Gasteiger partial charge in [0.1, 0.15) is 11.2 Å². The fraction of sp³-hybridized carbons (Fsp3) is 0. The number of nitrogens with zero attached hydrogens (tertiary/aromatic N) is 2. The predicted molar refractivity (Wildman–Crippen MR) is 239 cm³/mol. The largest absolute Gasteiger partial charge is 0.455 e. The van der Waals surface area contributed by atoms with Crippen LogP contribution in [0.25, 0.3) is 110 Å². The smallest absolute Gasteiger partial charge is 0.145 e. The maximum atomic E-state index is 6.82. The summed E-state index contributed by atoms with van der Waals surface area (Å²) in [5.41, 5.74) is 15.8. The lowest BCUT2D eigenvalue weighted by Crippen LogP contribution is -1.96. The Hall–Kier alpha value is -7.62. The van der Waals surface area contributed by atoms with Crippen LogP contribution < -0.4 is 0 Å². The van der Waals surface area contributed by atoms with Crippen molar-refractivity contribution < 1.29 is 4.42 Å². The van der Waals surface area contributed by atoms with Gasteiger partial charge in [0, 0.05) is 38.2 Å². The molecule has 3 nitrogen and oxygen atoms in total. The van der Waals surface area contributed by atoms with E-state index >= 15 is 0 Å². The average Bonchev–Trinajstić information content (AvgIpc) is 3.95. The van der Waals surface area contributed by atoms with Crippen molar-refractivity contribution in [2.75, 3.05) is 0 Å². The Labute approximate surface area is 328 Å². The van der Waals surface area contributed by atoms with Crippen LogP contribution in [0.1, 0.15) is 0 Å². The fourth-order valence-electron chi connectivity index (χ4n) is 9.30. The average molecular weight is 727 g/mol. The van der Waals surface area contributed by atoms with Crippen molar-refractivity contribution in [3.63, 3.8) is 0 Å². The van der Waals surface area contributed by atoms with Gasteiger partial charge in [0.15, 0.2) is 0 Å². The van der Waals surface area contributed by atoms with E-state index in [2.05, 4.69) is 215 Å². The number of hydrogen-bond acceptors (Lipinski definition) is 1. The molecule has 0 amide bonds. The Morgan fingerprint density at radius 2 is 0.807 bits per heavy atom. The summed E-state index contributed by atoms with van der Waals surface area (Å²) >= 11 is 0. The molecule has 0 saturated heterocycles. The normalized spacial score (nSPS) is 11.9. The van der Waals surface area contributed by atoms with Gasteiger partial charge in [0.25, 0.3) is 0 Å². The highest BCUT2D eigenvalue weighted by molar-refractivity contribution is 6.23. The molecule has 3 aromatic heterocycles. The van der Waals surface area contributed by atoms with Gasteiger partial charge < -0.3 is 13.6 Å². The van der Waals surface area contributed by atoms with Crippen LogP contribution in [0.5, 0.6) is 0 Å². The molecule has 0 bridgehead atoms. The van der Waals surface area contributed by atoms with E-state index in [4.69, 9.17) is 4.42 Å². The molecule has 0 fully saturated rings. The van der Waals surface area contributed by atoms with Crippen LogP contribution in [-0.2, 0) is 0 Å². The minimum atomic E-state index is 0.880. The lowest BCUT2D eigenvalue weighted by molar-refractivity contribution is 0.670. The molecule has 0 unspecified atom stereocenters. The molecule has 0 aliphatic heterocycles. The summed E-state index contributed by atoms with van der Waals surface area (Å²) in [6.45, 7) is 0. The highest BCUT2D eigenvalue weighted by Crippen LogP contribution is 2.46. The van der Waals surface area contributed by atoms with E-state index in [0.29, 0.717) is 0 Å². The van der Waals surface area contributed by atoms with Gasteiger partial charge in [-0.2, -0.15) is 0 Å². The Morgan fingerprint density at radius 1 is 0.298 bits per heavy atom. The molecule has 0 N–H and O–H groups in total. The van der Waals surface area contributed by atoms with Crippen molar-refractivity contribution in [3.05, 3.63) is 206 Å². The third kappa shape index (κ3) is 4.73. The van der Waals surface area contributed by atoms with Gasteiger partial charge in [-0.3, -0.25) is 0 Å². The number of fused-ring (bicyclic) bond motifs is 9. The summed E-state index contributed by atoms with van der Waals surface area (Å²) in [6, 6.07) is 74.2. The summed E-state index contributed by atoms with van der Waals surface area (Å²) < 4.78 is 11.7. The first-order valence-electron chi connectivity index (χ1n) is 19.5. The fourth-order valence-corrected chi connectivity index (χ4v) is 9.30. The van der Waals surface area contributed by atoms with Crippen molar-refractivity contribution in [1.82, 2.24) is 9.13 Å². The van der Waals surface area contributed by atoms with E-state index < -0.39 is 0 Å². The van der Waals surface area contributed by atoms with E-state index in [-0.39, 0.29) is 0 Å². The first-order valence-corrected chi connectivity index (χ1v) is 19.5. The molecule has 266 valence electrons. The number of furan rings is 1. The lowest BCUT2D eigenvalue weighted by Gasteiger charge is -2.13. The number of hydrogen-bond donors (Lipinski definition) is 0. The number of rotatable bonds is 5. The third-order valence-electron chi connectivity index (χ3n) is 11.7. The Kier molecular flexibility index (Phi) is 6.93. The maximum absolute atomic E-state index is 6.82. The quantitative estimate of drug-likeness (QED) is 0.173. The van der Waals surface area contributed by atoms with E-state index in [9.17, 15) is 0 Å². The second kappa shape index (κ2) is 12.5. The van der Waals surface area contributed by atoms with E-state index in [1.807, 2.05) is 0 Å². The second-order valence-electron chi connectivity index (χ2n) is 14.8. The Morgan fingerprint density at radius 3 is 1.49 bits per heavy atom. The molecule has 12 aromatic rings. The molecule has 12 rings (SSSR count). The molecule has 0 radical (unpaired) electrons. The van der Waals surface area contributed by atoms with Gasteiger partial charge in [-0.25, -0.2) is 0 Å². The standard InChI is InChI=1S/C54H34N2O/c1-3-15-35(16-4-1)36-29-31-37(32-30-36)39-33-34-49(53-44-21-9-12-28-50(44)57-54(39)53)56-46-25-11-8-20-43(46)52-41(23-14-27-48(52)56)40-22-13-26-47-51(40)42-19-7-10-24-45(42)55(47)38-17-5-2-6-18-38/h1-34H. The van der Waals surface area contributed by atoms with Crippen LogP contribution in [-0.4, -0.2) is 9.13 Å². The Bertz CT molecular complexity index is 3490. The van der Waals surface area contributed by atoms with Gasteiger partial charge >= 0.3 is 0 Å². The first kappa shape index (κ1) is 31.7. The molecule has 0 spiro atoms. The lowest BCUT2D eigenvalue weighted by atomic mass is 9.95. The van der Waals surface area contributed by atoms with Crippen molar-refractivity contribution in [3.8, 4) is 44.8 Å². The van der Waals surface area contributed by atoms with E-state index in [0.717, 1.165) is 55.5 Å². The summed E-state index contributed by atoms with van der Waals surface area (Å²) in [5, 5.41) is 7.16. The zero-order valence-electron chi connectivity index (χ0n) is 30.9. The second-order valence-corrected chi connectivity index (χ2v) is 14.8. The van der Waals surface area contributed by atoms with Gasteiger partial charge in [-0.1, -0.05) is 152 Å². The van der Waals surface area contributed by atoms with Crippen LogP contribution in [0.4, 0.5) is 0 Å². The van der Waals surface area contributed by atoms with E-state index in [1.54, 1.807) is 0 Å². The molecular formula is C54H34N2O. The molecule has 9 aromatic carbocycles. The summed E-state index contributed by atoms with van der Waals surface area (Å²) in [5.74, 6) is 0. The summed E-state index contributed by atoms with van der Waals surface area (Å²) in [7, 11) is 0. The molecule has 0 aliphatic rings. The highest BCUT2D eigenvalue weighted by Gasteiger charge is 2.23. The molecular weight excluding hydrogens is 693 g/mol. The van der Waals surface area contributed by atoms with Crippen LogP contribution >= 0.6 is 0 Å². The topological polar surface area (TPSA) is 23.0 Å². The van der Waals surface area contributed by atoms with Gasteiger partial charge in [-0.05, 0) is 82.4 Å². The highest BCUT2D eigenvalue weighted by atomic mass is 16.3. The van der Waals surface area contributed by atoms with Crippen molar-refractivity contribution in [2.24, 2.45) is 0 Å². The minimum Gasteiger partial charge on any atom is -0.455 e. The van der Waals surface area contributed by atoms with Crippen LogP contribution in [0.3, 0.4) is 0 Å². The monoisotopic (exact) mass is 726 g/mol. The van der Waals surface area contributed by atoms with E-state index in [1.165, 1.54) is 54.8 Å². The molecule has 0 aliphatic carbocycles. The van der Waals surface area contributed by atoms with Gasteiger partial charge in [0.05, 0.1) is 33.1 Å². The maximum Gasteiger partial charge on any atom is 0.145 e. The number of para-hydroxylation sites is 4. The van der Waals surface area contributed by atoms with Crippen LogP contribution in [0, 0.1) is 0 Å². The number of benzene rings is 9. The first-order chi connectivity index (χ1) is 28.3. The molecule has 3 heteroatoms. The predicted octanol–water partition coefficient (Wildman–Crippen LogP) is 14.8. The van der Waals surface area contributed by atoms with Crippen LogP contribution in [0.2, 0.25) is 0 Å². The summed E-state index contributed by atoms with van der Waals surface area (Å²) in [6.07, 6.45) is 0. The minimum absolute atomic E-state index is 0.880. The van der Waals surface area contributed by atoms with Crippen molar-refractivity contribution >= 4 is 65.6 Å². The molecule has 0 saturated carbocycles. The molecule has 0 atom stereocenters. The number of aromatic nitrogens is 2.